The van der Waals surface area contributed by atoms with Gasteiger partial charge in [0, 0.05) is 6.54 Å². The third-order valence-electron chi connectivity index (χ3n) is 4.01. The lowest BCUT2D eigenvalue weighted by atomic mass is 10.0. The molecule has 1 heterocycles. The van der Waals surface area contributed by atoms with Crippen molar-refractivity contribution < 1.29 is 9.59 Å². The number of nitrogens with zero attached hydrogens (tertiary/aromatic N) is 1. The number of nitrogens with one attached hydrogen (secondary N) is 1. The molecule has 4 nitrogen and oxygen atoms in total. The van der Waals surface area contributed by atoms with Crippen LogP contribution in [0.25, 0.3) is 0 Å². The van der Waals surface area contributed by atoms with Gasteiger partial charge in [-0.1, -0.05) is 32.6 Å². The van der Waals surface area contributed by atoms with Crippen molar-refractivity contribution in [2.45, 2.75) is 51.5 Å². The summed E-state index contributed by atoms with van der Waals surface area (Å²) in [5.41, 5.74) is 0. The van der Waals surface area contributed by atoms with E-state index in [-0.39, 0.29) is 17.9 Å². The zero-order chi connectivity index (χ0) is 12.3. The second-order valence-corrected chi connectivity index (χ2v) is 5.16. The first-order chi connectivity index (χ1) is 8.22. The monoisotopic (exact) mass is 238 g/mol. The summed E-state index contributed by atoms with van der Waals surface area (Å²) in [4.78, 5) is 25.2. The number of carbonyl (C=O) groups is 2. The summed E-state index contributed by atoms with van der Waals surface area (Å²) in [7, 11) is 0. The first kappa shape index (κ1) is 12.6. The van der Waals surface area contributed by atoms with Gasteiger partial charge in [0.2, 0.25) is 11.8 Å². The fourth-order valence-electron chi connectivity index (χ4n) is 2.87. The smallest absolute Gasteiger partial charge is 0.246 e. The normalized spacial score (nSPS) is 26.9. The minimum absolute atomic E-state index is 0.0262. The summed E-state index contributed by atoms with van der Waals surface area (Å²) in [6, 6.07) is -0.156. The highest BCUT2D eigenvalue weighted by Gasteiger charge is 2.32. The molecule has 0 bridgehead atoms. The van der Waals surface area contributed by atoms with Crippen LogP contribution in [0, 0.1) is 5.92 Å². The molecule has 1 N–H and O–H groups in total. The van der Waals surface area contributed by atoms with Crippen molar-refractivity contribution in [2.75, 3.05) is 13.1 Å². The molecule has 96 valence electrons. The van der Waals surface area contributed by atoms with Gasteiger partial charge >= 0.3 is 0 Å². The Labute approximate surface area is 103 Å². The van der Waals surface area contributed by atoms with Crippen LogP contribution < -0.4 is 5.32 Å². The maximum absolute atomic E-state index is 12.0. The van der Waals surface area contributed by atoms with Gasteiger partial charge in [0.05, 0.1) is 12.6 Å². The molecule has 0 aromatic carbocycles. The van der Waals surface area contributed by atoms with Crippen LogP contribution in [0.1, 0.15) is 45.4 Å². The number of hydrogen-bond donors (Lipinski definition) is 1. The van der Waals surface area contributed by atoms with Crippen molar-refractivity contribution >= 4 is 11.8 Å². The first-order valence-electron chi connectivity index (χ1n) is 6.80. The van der Waals surface area contributed by atoms with Gasteiger partial charge in [-0.25, -0.2) is 0 Å². The standard InChI is InChI=1S/C13H22N2O2/c1-2-11-13(17)15(12(16)9-14-11)8-7-10-5-3-4-6-10/h10-11,14H,2-9H2,1H3. The zero-order valence-corrected chi connectivity index (χ0v) is 10.6. The molecule has 1 aliphatic heterocycles. The van der Waals surface area contributed by atoms with Crippen molar-refractivity contribution in [3.8, 4) is 0 Å². The van der Waals surface area contributed by atoms with Crippen LogP contribution in [0.4, 0.5) is 0 Å². The van der Waals surface area contributed by atoms with E-state index >= 15 is 0 Å². The Hall–Kier alpha value is -0.900. The number of piperazine rings is 1. The van der Waals surface area contributed by atoms with E-state index in [1.54, 1.807) is 0 Å². The topological polar surface area (TPSA) is 49.4 Å². The maximum atomic E-state index is 12.0. The van der Waals surface area contributed by atoms with Crippen molar-refractivity contribution in [3.63, 3.8) is 0 Å². The molecule has 1 unspecified atom stereocenters. The van der Waals surface area contributed by atoms with E-state index in [0.29, 0.717) is 13.1 Å². The van der Waals surface area contributed by atoms with Crippen molar-refractivity contribution in [2.24, 2.45) is 5.92 Å². The third kappa shape index (κ3) is 2.86. The van der Waals surface area contributed by atoms with Crippen molar-refractivity contribution in [3.05, 3.63) is 0 Å². The minimum atomic E-state index is -0.156. The van der Waals surface area contributed by atoms with Gasteiger partial charge in [0.15, 0.2) is 0 Å². The number of imide groups is 1. The fraction of sp³-hybridized carbons (Fsp3) is 0.846. The van der Waals surface area contributed by atoms with Crippen LogP contribution in [0.5, 0.6) is 0 Å². The van der Waals surface area contributed by atoms with Gasteiger partial charge < -0.3 is 0 Å². The second kappa shape index (κ2) is 5.63. The molecule has 0 aromatic heterocycles. The predicted octanol–water partition coefficient (Wildman–Crippen LogP) is 1.30. The lowest BCUT2D eigenvalue weighted by Gasteiger charge is -2.31. The van der Waals surface area contributed by atoms with E-state index in [1.165, 1.54) is 30.6 Å². The number of carbonyl (C=O) groups excluding carboxylic acids is 2. The Morgan fingerprint density at radius 3 is 2.65 bits per heavy atom. The Morgan fingerprint density at radius 1 is 1.29 bits per heavy atom. The van der Waals surface area contributed by atoms with Gasteiger partial charge in [-0.2, -0.15) is 0 Å². The van der Waals surface area contributed by atoms with E-state index in [4.69, 9.17) is 0 Å². The Bertz CT molecular complexity index is 298. The molecule has 1 saturated heterocycles. The summed E-state index contributed by atoms with van der Waals surface area (Å²) >= 11 is 0. The summed E-state index contributed by atoms with van der Waals surface area (Å²) in [6.07, 6.45) is 6.91. The van der Waals surface area contributed by atoms with Crippen LogP contribution in [0.15, 0.2) is 0 Å². The van der Waals surface area contributed by atoms with Crippen LogP contribution in [0.3, 0.4) is 0 Å². The van der Waals surface area contributed by atoms with Crippen molar-refractivity contribution in [1.29, 1.82) is 0 Å². The summed E-state index contributed by atoms with van der Waals surface area (Å²) in [5.74, 6) is 0.644. The molecule has 2 aliphatic rings. The molecule has 2 rings (SSSR count). The van der Waals surface area contributed by atoms with Gasteiger partial charge in [0.25, 0.3) is 0 Å². The van der Waals surface area contributed by atoms with E-state index in [2.05, 4.69) is 5.32 Å². The molecule has 0 radical (unpaired) electrons. The summed E-state index contributed by atoms with van der Waals surface area (Å²) < 4.78 is 0. The number of amides is 2. The molecule has 0 spiro atoms. The van der Waals surface area contributed by atoms with E-state index < -0.39 is 0 Å². The van der Waals surface area contributed by atoms with Gasteiger partial charge in [-0.15, -0.1) is 0 Å². The molecular weight excluding hydrogens is 216 g/mol. The molecule has 2 fully saturated rings. The molecule has 1 saturated carbocycles. The average Bonchev–Trinajstić information content (AvgIpc) is 2.82. The van der Waals surface area contributed by atoms with Crippen molar-refractivity contribution in [1.82, 2.24) is 10.2 Å². The average molecular weight is 238 g/mol. The fourth-order valence-corrected chi connectivity index (χ4v) is 2.87. The van der Waals surface area contributed by atoms with Crippen LogP contribution in [0.2, 0.25) is 0 Å². The summed E-state index contributed by atoms with van der Waals surface area (Å²) in [6.45, 7) is 2.91. The van der Waals surface area contributed by atoms with Gasteiger partial charge in [0.1, 0.15) is 0 Å². The molecule has 0 aromatic rings. The predicted molar refractivity (Wildman–Crippen MR) is 65.4 cm³/mol. The lowest BCUT2D eigenvalue weighted by molar-refractivity contribution is -0.149. The number of rotatable bonds is 4. The van der Waals surface area contributed by atoms with Crippen LogP contribution >= 0.6 is 0 Å². The highest BCUT2D eigenvalue weighted by Crippen LogP contribution is 2.27. The van der Waals surface area contributed by atoms with E-state index in [9.17, 15) is 9.59 Å². The largest absolute Gasteiger partial charge is 0.297 e. The summed E-state index contributed by atoms with van der Waals surface area (Å²) in [5, 5.41) is 2.99. The van der Waals surface area contributed by atoms with Gasteiger partial charge in [-0.05, 0) is 18.8 Å². The second-order valence-electron chi connectivity index (χ2n) is 5.16. The lowest BCUT2D eigenvalue weighted by Crippen LogP contribution is -2.58. The Morgan fingerprint density at radius 2 is 2.00 bits per heavy atom. The molecule has 1 aliphatic carbocycles. The third-order valence-corrected chi connectivity index (χ3v) is 4.01. The van der Waals surface area contributed by atoms with Crippen LogP contribution in [-0.2, 0) is 9.59 Å². The maximum Gasteiger partial charge on any atom is 0.246 e. The zero-order valence-electron chi connectivity index (χ0n) is 10.6. The first-order valence-corrected chi connectivity index (χ1v) is 6.80. The van der Waals surface area contributed by atoms with Crippen LogP contribution in [-0.4, -0.2) is 35.8 Å². The highest BCUT2D eigenvalue weighted by molar-refractivity contribution is 6.01. The number of hydrogen-bond acceptors (Lipinski definition) is 3. The Balaban J connectivity index is 1.87. The molecule has 1 atom stereocenters. The highest BCUT2D eigenvalue weighted by atomic mass is 16.2. The molecular formula is C13H22N2O2. The quantitative estimate of drug-likeness (QED) is 0.751. The van der Waals surface area contributed by atoms with E-state index in [1.807, 2.05) is 6.92 Å². The minimum Gasteiger partial charge on any atom is -0.297 e. The Kier molecular flexibility index (Phi) is 4.15. The van der Waals surface area contributed by atoms with Gasteiger partial charge in [-0.3, -0.25) is 19.8 Å². The van der Waals surface area contributed by atoms with E-state index in [0.717, 1.165) is 18.8 Å². The molecule has 17 heavy (non-hydrogen) atoms. The molecule has 4 heteroatoms. The SMILES string of the molecule is CCC1NCC(=O)N(CCC2CCCC2)C1=O. The molecule has 2 amide bonds.